The number of hydrogen-bond donors (Lipinski definition) is 1. The van der Waals surface area contributed by atoms with Gasteiger partial charge in [0.25, 0.3) is 0 Å². The molecule has 0 saturated carbocycles. The van der Waals surface area contributed by atoms with Gasteiger partial charge in [0.1, 0.15) is 5.75 Å². The highest BCUT2D eigenvalue weighted by Crippen LogP contribution is 2.31. The van der Waals surface area contributed by atoms with E-state index in [1.165, 1.54) is 18.4 Å². The Kier molecular flexibility index (Phi) is 5.23. The lowest BCUT2D eigenvalue weighted by atomic mass is 9.95. The molecule has 1 aliphatic rings. The number of likely N-dealkylation sites (tertiary alicyclic amines) is 1. The number of nitrogens with two attached hydrogens (primary N) is 1. The third-order valence-corrected chi connectivity index (χ3v) is 4.06. The third kappa shape index (κ3) is 3.48. The highest BCUT2D eigenvalue weighted by Gasteiger charge is 2.25. The maximum atomic E-state index is 6.04. The zero-order valence-corrected chi connectivity index (χ0v) is 12.1. The number of rotatable bonds is 5. The van der Waals surface area contributed by atoms with Crippen LogP contribution in [0.4, 0.5) is 0 Å². The van der Waals surface area contributed by atoms with E-state index in [2.05, 4.69) is 24.0 Å². The van der Waals surface area contributed by atoms with Crippen LogP contribution in [0.3, 0.4) is 0 Å². The molecule has 0 bridgehead atoms. The number of para-hydroxylation sites is 1. The molecule has 0 aromatic heterocycles. The average molecular weight is 262 g/mol. The SMILES string of the molecule is CCOc1ccccc1[C@H](CN)N1CCC(C)CC1. The van der Waals surface area contributed by atoms with Crippen molar-refractivity contribution >= 4 is 0 Å². The largest absolute Gasteiger partial charge is 0.494 e. The van der Waals surface area contributed by atoms with E-state index in [-0.39, 0.29) is 6.04 Å². The second kappa shape index (κ2) is 6.92. The van der Waals surface area contributed by atoms with Crippen LogP contribution in [0, 0.1) is 5.92 Å². The van der Waals surface area contributed by atoms with Crippen LogP contribution in [0.2, 0.25) is 0 Å². The van der Waals surface area contributed by atoms with Gasteiger partial charge in [-0.2, -0.15) is 0 Å². The van der Waals surface area contributed by atoms with Crippen molar-refractivity contribution in [2.75, 3.05) is 26.2 Å². The van der Waals surface area contributed by atoms with Gasteiger partial charge in [0.15, 0.2) is 0 Å². The Balaban J connectivity index is 2.17. The molecule has 3 nitrogen and oxygen atoms in total. The fourth-order valence-corrected chi connectivity index (χ4v) is 2.86. The van der Waals surface area contributed by atoms with Gasteiger partial charge in [0.05, 0.1) is 12.6 Å². The molecule has 0 spiro atoms. The van der Waals surface area contributed by atoms with Crippen LogP contribution in [0.15, 0.2) is 24.3 Å². The third-order valence-electron chi connectivity index (χ3n) is 4.06. The first-order chi connectivity index (χ1) is 9.26. The van der Waals surface area contributed by atoms with E-state index in [1.54, 1.807) is 0 Å². The fourth-order valence-electron chi connectivity index (χ4n) is 2.86. The highest BCUT2D eigenvalue weighted by atomic mass is 16.5. The molecule has 0 unspecified atom stereocenters. The molecule has 0 amide bonds. The number of hydrogen-bond acceptors (Lipinski definition) is 3. The van der Waals surface area contributed by atoms with Crippen molar-refractivity contribution in [1.82, 2.24) is 4.90 Å². The summed E-state index contributed by atoms with van der Waals surface area (Å²) in [6.07, 6.45) is 2.54. The van der Waals surface area contributed by atoms with Crippen molar-refractivity contribution in [3.05, 3.63) is 29.8 Å². The summed E-state index contributed by atoms with van der Waals surface area (Å²) in [5.74, 6) is 1.83. The summed E-state index contributed by atoms with van der Waals surface area (Å²) < 4.78 is 5.75. The predicted molar refractivity (Wildman–Crippen MR) is 79.4 cm³/mol. The van der Waals surface area contributed by atoms with Crippen LogP contribution < -0.4 is 10.5 Å². The fraction of sp³-hybridized carbons (Fsp3) is 0.625. The molecule has 19 heavy (non-hydrogen) atoms. The maximum Gasteiger partial charge on any atom is 0.124 e. The van der Waals surface area contributed by atoms with Crippen molar-refractivity contribution < 1.29 is 4.74 Å². The summed E-state index contributed by atoms with van der Waals surface area (Å²) >= 11 is 0. The minimum absolute atomic E-state index is 0.287. The molecule has 1 aromatic rings. The van der Waals surface area contributed by atoms with Gasteiger partial charge in [0, 0.05) is 12.1 Å². The molecule has 0 radical (unpaired) electrons. The van der Waals surface area contributed by atoms with Crippen LogP contribution in [0.1, 0.15) is 38.3 Å². The van der Waals surface area contributed by atoms with Crippen molar-refractivity contribution in [1.29, 1.82) is 0 Å². The van der Waals surface area contributed by atoms with E-state index in [1.807, 2.05) is 19.1 Å². The second-order valence-electron chi connectivity index (χ2n) is 5.44. The molecule has 3 heteroatoms. The Morgan fingerprint density at radius 1 is 1.32 bits per heavy atom. The standard InChI is InChI=1S/C16H26N2O/c1-3-19-16-7-5-4-6-14(16)15(12-17)18-10-8-13(2)9-11-18/h4-7,13,15H,3,8-12,17H2,1-2H3/t15-/m0/s1. The average Bonchev–Trinajstić information content (AvgIpc) is 2.44. The lowest BCUT2D eigenvalue weighted by Crippen LogP contribution is -2.39. The maximum absolute atomic E-state index is 6.04. The number of benzene rings is 1. The van der Waals surface area contributed by atoms with Crippen molar-refractivity contribution in [3.63, 3.8) is 0 Å². The van der Waals surface area contributed by atoms with Gasteiger partial charge < -0.3 is 10.5 Å². The van der Waals surface area contributed by atoms with E-state index in [0.717, 1.165) is 24.8 Å². The highest BCUT2D eigenvalue weighted by molar-refractivity contribution is 5.36. The lowest BCUT2D eigenvalue weighted by Gasteiger charge is -2.36. The van der Waals surface area contributed by atoms with Crippen LogP contribution in [-0.4, -0.2) is 31.1 Å². The van der Waals surface area contributed by atoms with Crippen LogP contribution in [0.25, 0.3) is 0 Å². The number of ether oxygens (including phenoxy) is 1. The summed E-state index contributed by atoms with van der Waals surface area (Å²) in [7, 11) is 0. The van der Waals surface area contributed by atoms with Crippen LogP contribution >= 0.6 is 0 Å². The molecule has 1 aliphatic heterocycles. The summed E-state index contributed by atoms with van der Waals surface area (Å²) in [5, 5.41) is 0. The first kappa shape index (κ1) is 14.4. The molecule has 106 valence electrons. The van der Waals surface area contributed by atoms with Gasteiger partial charge in [0.2, 0.25) is 0 Å². The first-order valence-electron chi connectivity index (χ1n) is 7.42. The van der Waals surface area contributed by atoms with Gasteiger partial charge in [-0.05, 0) is 44.8 Å². The molecule has 2 N–H and O–H groups in total. The van der Waals surface area contributed by atoms with Gasteiger partial charge in [-0.25, -0.2) is 0 Å². The van der Waals surface area contributed by atoms with E-state index in [9.17, 15) is 0 Å². The van der Waals surface area contributed by atoms with E-state index < -0.39 is 0 Å². The monoisotopic (exact) mass is 262 g/mol. The quantitative estimate of drug-likeness (QED) is 0.887. The molecule has 1 heterocycles. The Morgan fingerprint density at radius 2 is 2.00 bits per heavy atom. The zero-order chi connectivity index (χ0) is 13.7. The topological polar surface area (TPSA) is 38.5 Å². The summed E-state index contributed by atoms with van der Waals surface area (Å²) in [6.45, 7) is 8.00. The molecule has 1 atom stereocenters. The van der Waals surface area contributed by atoms with Gasteiger partial charge in [-0.3, -0.25) is 4.90 Å². The lowest BCUT2D eigenvalue weighted by molar-refractivity contribution is 0.138. The Morgan fingerprint density at radius 3 is 2.63 bits per heavy atom. The van der Waals surface area contributed by atoms with Gasteiger partial charge in [-0.1, -0.05) is 25.1 Å². The van der Waals surface area contributed by atoms with E-state index >= 15 is 0 Å². The molecule has 1 aromatic carbocycles. The summed E-state index contributed by atoms with van der Waals surface area (Å²) in [6, 6.07) is 8.59. The molecule has 1 fully saturated rings. The van der Waals surface area contributed by atoms with Gasteiger partial charge >= 0.3 is 0 Å². The smallest absolute Gasteiger partial charge is 0.124 e. The first-order valence-corrected chi connectivity index (χ1v) is 7.42. The molecule has 1 saturated heterocycles. The summed E-state index contributed by atoms with van der Waals surface area (Å²) in [5.41, 5.74) is 7.28. The normalized spacial score (nSPS) is 19.3. The summed E-state index contributed by atoms with van der Waals surface area (Å²) in [4.78, 5) is 2.51. The Hall–Kier alpha value is -1.06. The predicted octanol–water partition coefficient (Wildman–Crippen LogP) is 2.82. The van der Waals surface area contributed by atoms with Crippen molar-refractivity contribution in [2.45, 2.75) is 32.7 Å². The Labute approximate surface area is 116 Å². The number of nitrogens with zero attached hydrogens (tertiary/aromatic N) is 1. The van der Waals surface area contributed by atoms with Crippen molar-refractivity contribution in [2.24, 2.45) is 11.7 Å². The molecule has 2 rings (SSSR count). The Bertz CT molecular complexity index is 386. The van der Waals surface area contributed by atoms with Crippen LogP contribution in [-0.2, 0) is 0 Å². The minimum Gasteiger partial charge on any atom is -0.494 e. The minimum atomic E-state index is 0.287. The molecule has 0 aliphatic carbocycles. The van der Waals surface area contributed by atoms with Crippen LogP contribution in [0.5, 0.6) is 5.75 Å². The second-order valence-corrected chi connectivity index (χ2v) is 5.44. The number of piperidine rings is 1. The zero-order valence-electron chi connectivity index (χ0n) is 12.1. The van der Waals surface area contributed by atoms with E-state index in [4.69, 9.17) is 10.5 Å². The molecular weight excluding hydrogens is 236 g/mol. The van der Waals surface area contributed by atoms with Gasteiger partial charge in [-0.15, -0.1) is 0 Å². The van der Waals surface area contributed by atoms with E-state index in [0.29, 0.717) is 13.2 Å². The van der Waals surface area contributed by atoms with Crippen molar-refractivity contribution in [3.8, 4) is 5.75 Å². The molecular formula is C16H26N2O.